The summed E-state index contributed by atoms with van der Waals surface area (Å²) in [7, 11) is 0. The molecule has 0 radical (unpaired) electrons. The minimum atomic E-state index is -4.54. The number of hydrogen-bond acceptors (Lipinski definition) is 2. The van der Waals surface area contributed by atoms with E-state index in [2.05, 4.69) is 5.32 Å². The van der Waals surface area contributed by atoms with Gasteiger partial charge in [-0.05, 0) is 17.7 Å². The van der Waals surface area contributed by atoms with Gasteiger partial charge in [0.25, 0.3) is 0 Å². The van der Waals surface area contributed by atoms with Crippen LogP contribution in [0.5, 0.6) is 0 Å². The number of nitrogens with one attached hydrogen (secondary N) is 1. The van der Waals surface area contributed by atoms with Crippen molar-refractivity contribution in [3.05, 3.63) is 35.1 Å². The van der Waals surface area contributed by atoms with Crippen molar-refractivity contribution in [2.45, 2.75) is 12.1 Å². The summed E-state index contributed by atoms with van der Waals surface area (Å²) >= 11 is 0. The van der Waals surface area contributed by atoms with Gasteiger partial charge in [0.1, 0.15) is 5.82 Å². The van der Waals surface area contributed by atoms with Crippen LogP contribution < -0.4 is 5.32 Å². The Kier molecular flexibility index (Phi) is 3.59. The fourth-order valence-electron chi connectivity index (χ4n) is 2.29. The normalized spacial score (nSPS) is 24.5. The summed E-state index contributed by atoms with van der Waals surface area (Å²) in [5.41, 5.74) is -0.762. The number of aliphatic hydroxyl groups excluding tert-OH is 1. The van der Waals surface area contributed by atoms with E-state index in [4.69, 9.17) is 5.11 Å². The summed E-state index contributed by atoms with van der Waals surface area (Å²) < 4.78 is 50.9. The maximum Gasteiger partial charge on any atom is 0.416 e. The molecule has 2 rings (SSSR count). The molecule has 0 bridgehead atoms. The fourth-order valence-corrected chi connectivity index (χ4v) is 2.29. The van der Waals surface area contributed by atoms with E-state index in [1.165, 1.54) is 6.07 Å². The lowest BCUT2D eigenvalue weighted by atomic mass is 9.88. The minimum Gasteiger partial charge on any atom is -0.396 e. The molecule has 0 aromatic heterocycles. The van der Waals surface area contributed by atoms with Crippen molar-refractivity contribution in [2.24, 2.45) is 5.92 Å². The molecule has 1 aromatic rings. The summed E-state index contributed by atoms with van der Waals surface area (Å²) in [4.78, 5) is 0. The molecule has 0 aliphatic carbocycles. The van der Waals surface area contributed by atoms with Crippen molar-refractivity contribution in [1.82, 2.24) is 5.32 Å². The van der Waals surface area contributed by atoms with Gasteiger partial charge in [-0.15, -0.1) is 0 Å². The van der Waals surface area contributed by atoms with Crippen LogP contribution in [0.15, 0.2) is 18.2 Å². The van der Waals surface area contributed by atoms with Gasteiger partial charge in [-0.25, -0.2) is 4.39 Å². The molecule has 1 aliphatic heterocycles. The van der Waals surface area contributed by atoms with Gasteiger partial charge in [-0.3, -0.25) is 0 Å². The van der Waals surface area contributed by atoms with Gasteiger partial charge in [-0.2, -0.15) is 13.2 Å². The van der Waals surface area contributed by atoms with Gasteiger partial charge in [0.2, 0.25) is 0 Å². The van der Waals surface area contributed by atoms with Crippen molar-refractivity contribution in [2.75, 3.05) is 19.7 Å². The van der Waals surface area contributed by atoms with Gasteiger partial charge in [0.15, 0.2) is 0 Å². The lowest BCUT2D eigenvalue weighted by Crippen LogP contribution is -2.16. The van der Waals surface area contributed by atoms with E-state index in [0.29, 0.717) is 19.2 Å². The van der Waals surface area contributed by atoms with Crippen molar-refractivity contribution in [3.8, 4) is 0 Å². The maximum atomic E-state index is 13.7. The van der Waals surface area contributed by atoms with Crippen LogP contribution in [0.1, 0.15) is 17.0 Å². The summed E-state index contributed by atoms with van der Waals surface area (Å²) in [5.74, 6) is -1.30. The molecule has 6 heteroatoms. The predicted octanol–water partition coefficient (Wildman–Crippen LogP) is 2.14. The zero-order valence-corrected chi connectivity index (χ0v) is 9.47. The van der Waals surface area contributed by atoms with E-state index in [1.807, 2.05) is 0 Å². The van der Waals surface area contributed by atoms with Crippen LogP contribution in [-0.4, -0.2) is 24.8 Å². The molecule has 1 aromatic carbocycles. The monoisotopic (exact) mass is 263 g/mol. The lowest BCUT2D eigenvalue weighted by molar-refractivity contribution is -0.137. The topological polar surface area (TPSA) is 32.3 Å². The quantitative estimate of drug-likeness (QED) is 0.801. The smallest absolute Gasteiger partial charge is 0.396 e. The molecule has 100 valence electrons. The molecule has 0 unspecified atom stereocenters. The van der Waals surface area contributed by atoms with Crippen LogP contribution in [-0.2, 0) is 6.18 Å². The zero-order valence-electron chi connectivity index (χ0n) is 9.47. The van der Waals surface area contributed by atoms with Crippen molar-refractivity contribution >= 4 is 0 Å². The third-order valence-corrected chi connectivity index (χ3v) is 3.30. The number of benzene rings is 1. The van der Waals surface area contributed by atoms with Crippen LogP contribution in [0.3, 0.4) is 0 Å². The highest BCUT2D eigenvalue weighted by Crippen LogP contribution is 2.34. The minimum absolute atomic E-state index is 0.113. The average molecular weight is 263 g/mol. The molecule has 1 saturated heterocycles. The third-order valence-electron chi connectivity index (χ3n) is 3.30. The first kappa shape index (κ1) is 13.3. The molecule has 1 aliphatic rings. The van der Waals surface area contributed by atoms with Gasteiger partial charge < -0.3 is 10.4 Å². The SMILES string of the molecule is OC[C@@H]1CNC[C@H]1c1ccc(C(F)(F)F)cc1F. The van der Waals surface area contributed by atoms with Gasteiger partial charge in [0, 0.05) is 31.5 Å². The Balaban J connectivity index is 2.30. The first-order valence-electron chi connectivity index (χ1n) is 5.61. The van der Waals surface area contributed by atoms with E-state index >= 15 is 0 Å². The number of hydrogen-bond donors (Lipinski definition) is 2. The molecule has 1 fully saturated rings. The summed E-state index contributed by atoms with van der Waals surface area (Å²) in [5, 5.41) is 12.1. The van der Waals surface area contributed by atoms with Crippen molar-refractivity contribution in [3.63, 3.8) is 0 Å². The Morgan fingerprint density at radius 1 is 1.28 bits per heavy atom. The highest BCUT2D eigenvalue weighted by Gasteiger charge is 2.34. The van der Waals surface area contributed by atoms with Gasteiger partial charge in [-0.1, -0.05) is 6.07 Å². The second-order valence-corrected chi connectivity index (χ2v) is 4.44. The van der Waals surface area contributed by atoms with E-state index in [-0.39, 0.29) is 24.0 Å². The summed E-state index contributed by atoms with van der Waals surface area (Å²) in [6.45, 7) is 0.896. The zero-order chi connectivity index (χ0) is 13.3. The molecule has 2 nitrogen and oxygen atoms in total. The van der Waals surface area contributed by atoms with Gasteiger partial charge >= 0.3 is 6.18 Å². The first-order chi connectivity index (χ1) is 8.43. The Morgan fingerprint density at radius 3 is 2.56 bits per heavy atom. The Labute approximate surface area is 102 Å². The highest BCUT2D eigenvalue weighted by atomic mass is 19.4. The van der Waals surface area contributed by atoms with E-state index in [0.717, 1.165) is 6.07 Å². The predicted molar refractivity (Wildman–Crippen MR) is 57.6 cm³/mol. The fraction of sp³-hybridized carbons (Fsp3) is 0.500. The number of halogens is 4. The molecule has 0 saturated carbocycles. The maximum absolute atomic E-state index is 13.7. The Morgan fingerprint density at radius 2 is 2.00 bits per heavy atom. The Bertz CT molecular complexity index is 433. The lowest BCUT2D eigenvalue weighted by Gasteiger charge is -2.18. The van der Waals surface area contributed by atoms with Crippen LogP contribution in [0.4, 0.5) is 17.6 Å². The standard InChI is InChI=1S/C12H13F4NO/c13-11-3-8(12(14,15)16)1-2-9(11)10-5-17-4-7(10)6-18/h1-3,7,10,17-18H,4-6H2/t7-,10+/m0/s1. The second-order valence-electron chi connectivity index (χ2n) is 4.44. The average Bonchev–Trinajstić information content (AvgIpc) is 2.75. The Hall–Kier alpha value is -1.14. The van der Waals surface area contributed by atoms with Crippen LogP contribution in [0.2, 0.25) is 0 Å². The molecular weight excluding hydrogens is 250 g/mol. The largest absolute Gasteiger partial charge is 0.416 e. The van der Waals surface area contributed by atoms with E-state index in [9.17, 15) is 17.6 Å². The molecule has 1 heterocycles. The molecule has 2 N–H and O–H groups in total. The highest BCUT2D eigenvalue weighted by molar-refractivity contribution is 5.30. The molecular formula is C12H13F4NO. The number of rotatable bonds is 2. The third kappa shape index (κ3) is 2.49. The van der Waals surface area contributed by atoms with E-state index < -0.39 is 17.6 Å². The number of alkyl halides is 3. The molecule has 0 amide bonds. The summed E-state index contributed by atoms with van der Waals surface area (Å²) in [6.07, 6.45) is -4.54. The first-order valence-corrected chi connectivity index (χ1v) is 5.61. The van der Waals surface area contributed by atoms with Gasteiger partial charge in [0.05, 0.1) is 5.56 Å². The molecule has 0 spiro atoms. The van der Waals surface area contributed by atoms with Crippen molar-refractivity contribution in [1.29, 1.82) is 0 Å². The van der Waals surface area contributed by atoms with Crippen LogP contribution in [0, 0.1) is 11.7 Å². The molecule has 18 heavy (non-hydrogen) atoms. The van der Waals surface area contributed by atoms with E-state index in [1.54, 1.807) is 0 Å². The van der Waals surface area contributed by atoms with Crippen LogP contribution in [0.25, 0.3) is 0 Å². The summed E-state index contributed by atoms with van der Waals surface area (Å²) in [6, 6.07) is 2.56. The van der Waals surface area contributed by atoms with Crippen LogP contribution >= 0.6 is 0 Å². The number of aliphatic hydroxyl groups is 1. The molecule has 2 atom stereocenters. The van der Waals surface area contributed by atoms with Crippen molar-refractivity contribution < 1.29 is 22.7 Å². The second kappa shape index (κ2) is 4.85.